The standard InChI is InChI=1S/C14H12N2O4S2/c17-15(18)13-7-3-1-5-11(13)9-21-22-10-12-6-2-4-8-14(12)16(19)20/h1-8H,9-10H2. The largest absolute Gasteiger partial charge is 0.273 e. The minimum atomic E-state index is -0.400. The minimum Gasteiger partial charge on any atom is -0.258 e. The zero-order valence-corrected chi connectivity index (χ0v) is 13.0. The topological polar surface area (TPSA) is 86.3 Å². The Balaban J connectivity index is 1.93. The molecule has 0 atom stereocenters. The van der Waals surface area contributed by atoms with Crippen molar-refractivity contribution in [2.75, 3.05) is 0 Å². The Hall–Kier alpha value is -2.06. The number of para-hydroxylation sites is 2. The predicted octanol–water partition coefficient (Wildman–Crippen LogP) is 4.58. The summed E-state index contributed by atoms with van der Waals surface area (Å²) < 4.78 is 0. The third-order valence-corrected chi connectivity index (χ3v) is 5.12. The van der Waals surface area contributed by atoms with Gasteiger partial charge in [0.05, 0.1) is 9.85 Å². The van der Waals surface area contributed by atoms with Gasteiger partial charge in [-0.3, -0.25) is 20.2 Å². The van der Waals surface area contributed by atoms with Crippen LogP contribution < -0.4 is 0 Å². The molecule has 114 valence electrons. The van der Waals surface area contributed by atoms with Gasteiger partial charge >= 0.3 is 0 Å². The number of rotatable bonds is 7. The summed E-state index contributed by atoms with van der Waals surface area (Å²) in [5.41, 5.74) is 1.49. The lowest BCUT2D eigenvalue weighted by atomic mass is 10.2. The van der Waals surface area contributed by atoms with E-state index < -0.39 is 9.85 Å². The number of nitro groups is 2. The van der Waals surface area contributed by atoms with Crippen molar-refractivity contribution >= 4 is 33.0 Å². The van der Waals surface area contributed by atoms with Crippen molar-refractivity contribution in [3.05, 3.63) is 79.9 Å². The lowest BCUT2D eigenvalue weighted by molar-refractivity contribution is -0.385. The van der Waals surface area contributed by atoms with E-state index in [0.29, 0.717) is 22.6 Å². The SMILES string of the molecule is O=[N+]([O-])c1ccccc1CSSCc1ccccc1[N+](=O)[O-]. The van der Waals surface area contributed by atoms with Crippen LogP contribution in [0.4, 0.5) is 11.4 Å². The van der Waals surface area contributed by atoms with Gasteiger partial charge in [-0.2, -0.15) is 0 Å². The Morgan fingerprint density at radius 3 is 1.45 bits per heavy atom. The monoisotopic (exact) mass is 336 g/mol. The van der Waals surface area contributed by atoms with E-state index in [1.165, 1.54) is 33.7 Å². The molecule has 0 spiro atoms. The minimum absolute atomic E-state index is 0.0984. The molecule has 0 N–H and O–H groups in total. The van der Waals surface area contributed by atoms with Gasteiger partial charge in [0.2, 0.25) is 0 Å². The van der Waals surface area contributed by atoms with Crippen LogP contribution in [0, 0.1) is 20.2 Å². The molecule has 2 rings (SSSR count). The molecule has 0 amide bonds. The maximum absolute atomic E-state index is 10.9. The van der Waals surface area contributed by atoms with Crippen LogP contribution in [0.2, 0.25) is 0 Å². The van der Waals surface area contributed by atoms with E-state index in [1.54, 1.807) is 36.4 Å². The highest BCUT2D eigenvalue weighted by atomic mass is 33.1. The summed E-state index contributed by atoms with van der Waals surface area (Å²) in [5.74, 6) is 0.949. The maximum atomic E-state index is 10.9. The van der Waals surface area contributed by atoms with Crippen molar-refractivity contribution in [3.8, 4) is 0 Å². The fourth-order valence-corrected chi connectivity index (χ4v) is 4.00. The van der Waals surface area contributed by atoms with Crippen molar-refractivity contribution in [1.29, 1.82) is 0 Å². The molecule has 2 aromatic rings. The smallest absolute Gasteiger partial charge is 0.258 e. The van der Waals surface area contributed by atoms with Crippen molar-refractivity contribution in [1.82, 2.24) is 0 Å². The zero-order valence-electron chi connectivity index (χ0n) is 11.4. The third kappa shape index (κ3) is 4.22. The molecule has 0 aliphatic heterocycles. The highest BCUT2D eigenvalue weighted by Gasteiger charge is 2.14. The third-order valence-electron chi connectivity index (χ3n) is 2.89. The average molecular weight is 336 g/mol. The van der Waals surface area contributed by atoms with Gasteiger partial charge in [-0.05, 0) is 0 Å². The number of benzene rings is 2. The van der Waals surface area contributed by atoms with Crippen LogP contribution in [0.5, 0.6) is 0 Å². The molecule has 0 saturated heterocycles. The summed E-state index contributed by atoms with van der Waals surface area (Å²) in [6.45, 7) is 0. The second kappa shape index (κ2) is 7.81. The van der Waals surface area contributed by atoms with Gasteiger partial charge in [-0.1, -0.05) is 58.0 Å². The molecule has 22 heavy (non-hydrogen) atoms. The van der Waals surface area contributed by atoms with Crippen molar-refractivity contribution in [2.45, 2.75) is 11.5 Å². The van der Waals surface area contributed by atoms with E-state index in [0.717, 1.165) is 0 Å². The molecule has 0 fully saturated rings. The fraction of sp³-hybridized carbons (Fsp3) is 0.143. The Morgan fingerprint density at radius 2 is 1.09 bits per heavy atom. The molecule has 0 aliphatic rings. The molecule has 0 aromatic heterocycles. The van der Waals surface area contributed by atoms with E-state index >= 15 is 0 Å². The first-order valence-corrected chi connectivity index (χ1v) is 8.77. The molecule has 0 saturated carbocycles. The fourth-order valence-electron chi connectivity index (χ4n) is 1.83. The summed E-state index contributed by atoms with van der Waals surface area (Å²) in [7, 11) is 2.89. The van der Waals surface area contributed by atoms with Crippen molar-refractivity contribution < 1.29 is 9.85 Å². The van der Waals surface area contributed by atoms with Crippen molar-refractivity contribution in [2.24, 2.45) is 0 Å². The molecule has 0 radical (unpaired) electrons. The number of nitrogens with zero attached hydrogens (tertiary/aromatic N) is 2. The van der Waals surface area contributed by atoms with E-state index in [1.807, 2.05) is 0 Å². The predicted molar refractivity (Wildman–Crippen MR) is 88.8 cm³/mol. The average Bonchev–Trinajstić information content (AvgIpc) is 2.52. The first-order chi connectivity index (χ1) is 10.6. The lowest BCUT2D eigenvalue weighted by Crippen LogP contribution is -1.94. The van der Waals surface area contributed by atoms with Crippen LogP contribution in [-0.4, -0.2) is 9.85 Å². The molecular weight excluding hydrogens is 324 g/mol. The molecule has 2 aromatic carbocycles. The molecular formula is C14H12N2O4S2. The van der Waals surface area contributed by atoms with Gasteiger partial charge in [0.1, 0.15) is 0 Å². The Labute approximate surface area is 134 Å². The molecule has 8 heteroatoms. The van der Waals surface area contributed by atoms with E-state index in [2.05, 4.69) is 0 Å². The Morgan fingerprint density at radius 1 is 0.727 bits per heavy atom. The van der Waals surface area contributed by atoms with E-state index in [9.17, 15) is 20.2 Å². The van der Waals surface area contributed by atoms with Gasteiger partial charge < -0.3 is 0 Å². The number of hydrogen-bond donors (Lipinski definition) is 0. The van der Waals surface area contributed by atoms with Gasteiger partial charge in [0.25, 0.3) is 11.4 Å². The molecule has 0 unspecified atom stereocenters. The molecule has 6 nitrogen and oxygen atoms in total. The van der Waals surface area contributed by atoms with Crippen LogP contribution in [0.1, 0.15) is 11.1 Å². The van der Waals surface area contributed by atoms with E-state index in [-0.39, 0.29) is 11.4 Å². The Bertz CT molecular complexity index is 635. The van der Waals surface area contributed by atoms with E-state index in [4.69, 9.17) is 0 Å². The van der Waals surface area contributed by atoms with Gasteiger partial charge in [0.15, 0.2) is 0 Å². The second-order valence-corrected chi connectivity index (χ2v) is 6.76. The van der Waals surface area contributed by atoms with Crippen LogP contribution in [-0.2, 0) is 11.5 Å². The van der Waals surface area contributed by atoms with Crippen molar-refractivity contribution in [3.63, 3.8) is 0 Å². The first kappa shape index (κ1) is 16.3. The lowest BCUT2D eigenvalue weighted by Gasteiger charge is -2.04. The van der Waals surface area contributed by atoms with Crippen LogP contribution in [0.15, 0.2) is 48.5 Å². The quantitative estimate of drug-likeness (QED) is 0.318. The van der Waals surface area contributed by atoms with Crippen LogP contribution >= 0.6 is 21.6 Å². The zero-order chi connectivity index (χ0) is 15.9. The highest BCUT2D eigenvalue weighted by molar-refractivity contribution is 8.76. The van der Waals surface area contributed by atoms with Gasteiger partial charge in [0, 0.05) is 34.8 Å². The summed E-state index contributed by atoms with van der Waals surface area (Å²) in [6, 6.07) is 13.2. The normalized spacial score (nSPS) is 10.4. The number of nitro benzene ring substituents is 2. The van der Waals surface area contributed by atoms with Gasteiger partial charge in [-0.25, -0.2) is 0 Å². The highest BCUT2D eigenvalue weighted by Crippen LogP contribution is 2.34. The van der Waals surface area contributed by atoms with Crippen LogP contribution in [0.3, 0.4) is 0 Å². The Kier molecular flexibility index (Phi) is 5.79. The summed E-state index contributed by atoms with van der Waals surface area (Å²) >= 11 is 0. The molecule has 0 bridgehead atoms. The second-order valence-electron chi connectivity index (χ2n) is 4.30. The molecule has 0 heterocycles. The maximum Gasteiger partial charge on any atom is 0.273 e. The number of hydrogen-bond acceptors (Lipinski definition) is 6. The summed E-state index contributed by atoms with van der Waals surface area (Å²) in [6.07, 6.45) is 0. The van der Waals surface area contributed by atoms with Crippen LogP contribution in [0.25, 0.3) is 0 Å². The summed E-state index contributed by atoms with van der Waals surface area (Å²) in [4.78, 5) is 21.0. The summed E-state index contributed by atoms with van der Waals surface area (Å²) in [5, 5.41) is 21.8. The van der Waals surface area contributed by atoms with Gasteiger partial charge in [-0.15, -0.1) is 0 Å². The first-order valence-electron chi connectivity index (χ1n) is 6.28. The molecule has 0 aliphatic carbocycles.